The molecule has 0 aliphatic rings. The molecular formula is C57H39N3. The van der Waals surface area contributed by atoms with Gasteiger partial charge < -0.3 is 0 Å². The maximum atomic E-state index is 5.38. The summed E-state index contributed by atoms with van der Waals surface area (Å²) in [5, 5.41) is 0. The van der Waals surface area contributed by atoms with Crippen molar-refractivity contribution in [1.29, 1.82) is 0 Å². The molecule has 0 unspecified atom stereocenters. The third-order valence-electron chi connectivity index (χ3n) is 11.0. The van der Waals surface area contributed by atoms with E-state index in [2.05, 4.69) is 210 Å². The maximum absolute atomic E-state index is 5.38. The summed E-state index contributed by atoms with van der Waals surface area (Å²) in [6, 6.07) is 79.1. The Hall–Kier alpha value is -8.01. The lowest BCUT2D eigenvalue weighted by atomic mass is 9.93. The standard InChI is InChI=1S/C57H39N3/c1-2-16-40(17-3-1)49-38-56(47-24-14-20-43(36-47)41-18-12-22-45(34-41)50-26-4-6-28-52(50)54-30-8-10-32-58-54)60-57(39-49)48-25-15-21-44(37-48)42-19-13-23-46(35-42)51-27-5-7-29-53(51)55-31-9-11-33-59-55/h1-39H. The first kappa shape index (κ1) is 36.3. The molecule has 0 radical (unpaired) electrons. The van der Waals surface area contributed by atoms with E-state index >= 15 is 0 Å². The van der Waals surface area contributed by atoms with E-state index in [0.717, 1.165) is 101 Å². The van der Waals surface area contributed by atoms with E-state index in [0.29, 0.717) is 0 Å². The highest BCUT2D eigenvalue weighted by atomic mass is 14.7. The molecule has 3 heteroatoms. The van der Waals surface area contributed by atoms with Gasteiger partial charge in [-0.3, -0.25) is 9.97 Å². The van der Waals surface area contributed by atoms with Gasteiger partial charge >= 0.3 is 0 Å². The Kier molecular flexibility index (Phi) is 9.97. The predicted molar refractivity (Wildman–Crippen MR) is 249 cm³/mol. The molecule has 0 amide bonds. The van der Waals surface area contributed by atoms with Crippen molar-refractivity contribution in [2.24, 2.45) is 0 Å². The highest BCUT2D eigenvalue weighted by Gasteiger charge is 2.14. The van der Waals surface area contributed by atoms with Crippen LogP contribution in [0.25, 0.3) is 101 Å². The topological polar surface area (TPSA) is 38.7 Å². The Bertz CT molecular complexity index is 2900. The lowest BCUT2D eigenvalue weighted by molar-refractivity contribution is 1.32. The van der Waals surface area contributed by atoms with E-state index in [1.165, 1.54) is 0 Å². The average Bonchev–Trinajstić information content (AvgIpc) is 3.35. The van der Waals surface area contributed by atoms with Crippen LogP contribution in [0.15, 0.2) is 237 Å². The second kappa shape index (κ2) is 16.5. The van der Waals surface area contributed by atoms with Crippen molar-refractivity contribution in [2.75, 3.05) is 0 Å². The van der Waals surface area contributed by atoms with Gasteiger partial charge in [-0.15, -0.1) is 0 Å². The smallest absolute Gasteiger partial charge is 0.0715 e. The zero-order valence-electron chi connectivity index (χ0n) is 32.9. The Morgan fingerprint density at radius 2 is 0.550 bits per heavy atom. The quantitative estimate of drug-likeness (QED) is 0.147. The number of hydrogen-bond donors (Lipinski definition) is 0. The van der Waals surface area contributed by atoms with Crippen LogP contribution in [-0.2, 0) is 0 Å². The molecule has 0 aliphatic heterocycles. The number of pyridine rings is 3. The summed E-state index contributed by atoms with van der Waals surface area (Å²) in [6.07, 6.45) is 3.70. The molecule has 60 heavy (non-hydrogen) atoms. The van der Waals surface area contributed by atoms with Crippen LogP contribution in [0.1, 0.15) is 0 Å². The molecule has 282 valence electrons. The summed E-state index contributed by atoms with van der Waals surface area (Å²) in [5.74, 6) is 0. The fraction of sp³-hybridized carbons (Fsp3) is 0. The van der Waals surface area contributed by atoms with Gasteiger partial charge in [0.25, 0.3) is 0 Å². The SMILES string of the molecule is c1ccc(-c2cc(-c3cccc(-c4cccc(-c5ccccc5-c5ccccn5)c4)c3)nc(-c3cccc(-c4cccc(-c5ccccc5-c5ccccn5)c4)c3)c2)cc1. The molecule has 10 rings (SSSR count). The minimum Gasteiger partial charge on any atom is -0.256 e. The van der Waals surface area contributed by atoms with Crippen molar-refractivity contribution in [3.8, 4) is 101 Å². The van der Waals surface area contributed by atoms with Crippen LogP contribution in [0.3, 0.4) is 0 Å². The number of hydrogen-bond acceptors (Lipinski definition) is 3. The van der Waals surface area contributed by atoms with Gasteiger partial charge in [0.2, 0.25) is 0 Å². The minimum atomic E-state index is 0.920. The fourth-order valence-corrected chi connectivity index (χ4v) is 8.03. The molecule has 0 saturated carbocycles. The van der Waals surface area contributed by atoms with Gasteiger partial charge in [0.05, 0.1) is 22.8 Å². The van der Waals surface area contributed by atoms with E-state index in [1.54, 1.807) is 0 Å². The number of benzene rings is 7. The first-order valence-electron chi connectivity index (χ1n) is 20.2. The minimum absolute atomic E-state index is 0.920. The van der Waals surface area contributed by atoms with Gasteiger partial charge in [0.15, 0.2) is 0 Å². The molecule has 0 bridgehead atoms. The van der Waals surface area contributed by atoms with E-state index in [4.69, 9.17) is 4.98 Å². The van der Waals surface area contributed by atoms with Crippen LogP contribution in [0.4, 0.5) is 0 Å². The predicted octanol–water partition coefficient (Wildman–Crippen LogP) is 14.9. The first-order chi connectivity index (χ1) is 29.7. The summed E-state index contributed by atoms with van der Waals surface area (Å²) in [6.45, 7) is 0. The summed E-state index contributed by atoms with van der Waals surface area (Å²) in [7, 11) is 0. The molecule has 0 aliphatic carbocycles. The van der Waals surface area contributed by atoms with Crippen molar-refractivity contribution in [3.63, 3.8) is 0 Å². The second-order valence-corrected chi connectivity index (χ2v) is 14.8. The highest BCUT2D eigenvalue weighted by Crippen LogP contribution is 2.38. The van der Waals surface area contributed by atoms with Crippen molar-refractivity contribution in [3.05, 3.63) is 237 Å². The van der Waals surface area contributed by atoms with Crippen LogP contribution in [0.5, 0.6) is 0 Å². The van der Waals surface area contributed by atoms with Crippen molar-refractivity contribution < 1.29 is 0 Å². The third-order valence-corrected chi connectivity index (χ3v) is 11.0. The third kappa shape index (κ3) is 7.56. The van der Waals surface area contributed by atoms with E-state index in [9.17, 15) is 0 Å². The van der Waals surface area contributed by atoms with Gasteiger partial charge in [0, 0.05) is 34.6 Å². The van der Waals surface area contributed by atoms with Crippen LogP contribution in [0.2, 0.25) is 0 Å². The van der Waals surface area contributed by atoms with Gasteiger partial charge in [0.1, 0.15) is 0 Å². The van der Waals surface area contributed by atoms with Gasteiger partial charge in [-0.2, -0.15) is 0 Å². The summed E-state index contributed by atoms with van der Waals surface area (Å²) >= 11 is 0. The van der Waals surface area contributed by atoms with Crippen LogP contribution in [-0.4, -0.2) is 15.0 Å². The van der Waals surface area contributed by atoms with E-state index < -0.39 is 0 Å². The molecule has 0 fully saturated rings. The number of rotatable bonds is 9. The van der Waals surface area contributed by atoms with Crippen molar-refractivity contribution >= 4 is 0 Å². The van der Waals surface area contributed by atoms with Gasteiger partial charge in [-0.1, -0.05) is 164 Å². The molecule has 0 N–H and O–H groups in total. The number of nitrogens with zero attached hydrogens (tertiary/aromatic N) is 3. The Morgan fingerprint density at radius 3 is 0.983 bits per heavy atom. The van der Waals surface area contributed by atoms with E-state index in [-0.39, 0.29) is 0 Å². The monoisotopic (exact) mass is 765 g/mol. The van der Waals surface area contributed by atoms with Crippen LogP contribution in [0, 0.1) is 0 Å². The summed E-state index contributed by atoms with van der Waals surface area (Å²) < 4.78 is 0. The molecule has 3 aromatic heterocycles. The molecular weight excluding hydrogens is 727 g/mol. The van der Waals surface area contributed by atoms with E-state index in [1.807, 2.05) is 36.7 Å². The molecule has 0 spiro atoms. The molecule has 10 aromatic rings. The first-order valence-corrected chi connectivity index (χ1v) is 20.2. The zero-order chi connectivity index (χ0) is 40.1. The molecule has 0 atom stereocenters. The largest absolute Gasteiger partial charge is 0.256 e. The Labute approximate surface area is 351 Å². The van der Waals surface area contributed by atoms with Gasteiger partial charge in [-0.05, 0) is 116 Å². The molecule has 3 nitrogen and oxygen atoms in total. The summed E-state index contributed by atoms with van der Waals surface area (Å²) in [4.78, 5) is 14.7. The average molecular weight is 766 g/mol. The lowest BCUT2D eigenvalue weighted by Gasteiger charge is -2.14. The van der Waals surface area contributed by atoms with Crippen molar-refractivity contribution in [1.82, 2.24) is 15.0 Å². The molecule has 3 heterocycles. The number of aromatic nitrogens is 3. The van der Waals surface area contributed by atoms with Crippen LogP contribution < -0.4 is 0 Å². The Morgan fingerprint density at radius 1 is 0.200 bits per heavy atom. The fourth-order valence-electron chi connectivity index (χ4n) is 8.03. The highest BCUT2D eigenvalue weighted by molar-refractivity contribution is 5.87. The summed E-state index contributed by atoms with van der Waals surface area (Å²) in [5.41, 5.74) is 19.5. The van der Waals surface area contributed by atoms with Crippen LogP contribution >= 0.6 is 0 Å². The second-order valence-electron chi connectivity index (χ2n) is 14.8. The Balaban J connectivity index is 1.02. The normalized spacial score (nSPS) is 11.0. The molecule has 0 saturated heterocycles. The molecule has 7 aromatic carbocycles. The van der Waals surface area contributed by atoms with Gasteiger partial charge in [-0.25, -0.2) is 4.98 Å². The zero-order valence-corrected chi connectivity index (χ0v) is 32.9. The van der Waals surface area contributed by atoms with Crippen molar-refractivity contribution in [2.45, 2.75) is 0 Å². The maximum Gasteiger partial charge on any atom is 0.0715 e. The lowest BCUT2D eigenvalue weighted by Crippen LogP contribution is -1.92.